The first-order valence-corrected chi connectivity index (χ1v) is 8.56. The quantitative estimate of drug-likeness (QED) is 0.812. The summed E-state index contributed by atoms with van der Waals surface area (Å²) >= 11 is 1.55. The van der Waals surface area contributed by atoms with Gasteiger partial charge in [-0.3, -0.25) is 0 Å². The molecule has 9 nitrogen and oxygen atoms in total. The molecule has 23 heavy (non-hydrogen) atoms. The van der Waals surface area contributed by atoms with Crippen molar-refractivity contribution < 1.29 is 0 Å². The highest BCUT2D eigenvalue weighted by atomic mass is 32.2. The maximum atomic E-state index is 5.79. The Labute approximate surface area is 139 Å². The molecule has 3 rings (SSSR count). The van der Waals surface area contributed by atoms with Gasteiger partial charge in [-0.15, -0.1) is 5.10 Å². The maximum Gasteiger partial charge on any atom is 0.229 e. The monoisotopic (exact) mass is 335 g/mol. The van der Waals surface area contributed by atoms with Crippen LogP contribution < -0.4 is 10.6 Å². The molecule has 2 aromatic rings. The summed E-state index contributed by atoms with van der Waals surface area (Å²) in [6.45, 7) is 2.02. The van der Waals surface area contributed by atoms with Crippen LogP contribution >= 0.6 is 11.8 Å². The molecule has 2 N–H and O–H groups in total. The van der Waals surface area contributed by atoms with Gasteiger partial charge in [0.25, 0.3) is 0 Å². The van der Waals surface area contributed by atoms with E-state index < -0.39 is 0 Å². The third kappa shape index (κ3) is 3.52. The van der Waals surface area contributed by atoms with E-state index in [0.29, 0.717) is 17.8 Å². The minimum atomic E-state index is -0.0230. The number of hydrogen-bond acceptors (Lipinski definition) is 9. The molecule has 0 aromatic carbocycles. The number of aromatic nitrogens is 7. The van der Waals surface area contributed by atoms with Gasteiger partial charge in [0, 0.05) is 14.1 Å². The fourth-order valence-corrected chi connectivity index (χ4v) is 3.54. The minimum absolute atomic E-state index is 0.0230. The second kappa shape index (κ2) is 6.65. The number of anilines is 2. The predicted molar refractivity (Wildman–Crippen MR) is 88.2 cm³/mol. The molecule has 0 bridgehead atoms. The summed E-state index contributed by atoms with van der Waals surface area (Å²) in [7, 11) is 3.74. The van der Waals surface area contributed by atoms with Gasteiger partial charge in [-0.05, 0) is 30.2 Å². The number of nitrogens with two attached hydrogens (primary N) is 1. The Kier molecular flexibility index (Phi) is 4.60. The van der Waals surface area contributed by atoms with E-state index in [0.717, 1.165) is 18.0 Å². The topological polar surface area (TPSA) is 112 Å². The van der Waals surface area contributed by atoms with Gasteiger partial charge in [-0.25, -0.2) is 4.68 Å². The van der Waals surface area contributed by atoms with E-state index in [2.05, 4.69) is 30.5 Å². The average Bonchev–Trinajstić information content (AvgIpc) is 3.17. The Morgan fingerprint density at radius 2 is 1.96 bits per heavy atom. The molecule has 0 aliphatic heterocycles. The van der Waals surface area contributed by atoms with Crippen molar-refractivity contribution in [2.75, 3.05) is 24.7 Å². The van der Waals surface area contributed by atoms with Gasteiger partial charge in [0.2, 0.25) is 17.1 Å². The van der Waals surface area contributed by atoms with Gasteiger partial charge in [-0.2, -0.15) is 15.0 Å². The van der Waals surface area contributed by atoms with E-state index in [4.69, 9.17) is 5.73 Å². The van der Waals surface area contributed by atoms with Crippen LogP contribution in [-0.4, -0.2) is 49.3 Å². The molecule has 1 saturated carbocycles. The fraction of sp³-hybridized carbons (Fsp3) is 0.692. The summed E-state index contributed by atoms with van der Waals surface area (Å²) in [6, 6.07) is 0.403. The van der Waals surface area contributed by atoms with Gasteiger partial charge in [0.1, 0.15) is 5.82 Å². The van der Waals surface area contributed by atoms with Crippen molar-refractivity contribution in [1.82, 2.24) is 35.2 Å². The standard InChI is InChI=1S/C13H21N9S/c1-8(10-15-11(14)17-12(16-10)21(2)3)23-13-18-19-20-22(13)9-6-4-5-7-9/h8-9H,4-7H2,1-3H3,(H2,14,15,16,17)/t8-/m1/s1. The van der Waals surface area contributed by atoms with Crippen LogP contribution in [0.1, 0.15) is 49.7 Å². The van der Waals surface area contributed by atoms with E-state index in [1.54, 1.807) is 11.8 Å². The van der Waals surface area contributed by atoms with Crippen molar-refractivity contribution in [3.8, 4) is 0 Å². The SMILES string of the molecule is C[C@@H](Sc1nnnn1C1CCCC1)c1nc(N)nc(N(C)C)n1. The minimum Gasteiger partial charge on any atom is -0.368 e. The fourth-order valence-electron chi connectivity index (χ4n) is 2.63. The molecule has 10 heteroatoms. The number of rotatable bonds is 5. The Morgan fingerprint density at radius 1 is 1.22 bits per heavy atom. The zero-order chi connectivity index (χ0) is 16.4. The van der Waals surface area contributed by atoms with Crippen molar-refractivity contribution in [3.05, 3.63) is 5.82 Å². The molecule has 0 amide bonds. The highest BCUT2D eigenvalue weighted by molar-refractivity contribution is 7.99. The average molecular weight is 335 g/mol. The van der Waals surface area contributed by atoms with Gasteiger partial charge >= 0.3 is 0 Å². The number of hydrogen-bond donors (Lipinski definition) is 1. The van der Waals surface area contributed by atoms with Gasteiger partial charge < -0.3 is 10.6 Å². The summed E-state index contributed by atoms with van der Waals surface area (Å²) < 4.78 is 1.94. The zero-order valence-corrected chi connectivity index (χ0v) is 14.4. The summed E-state index contributed by atoms with van der Waals surface area (Å²) in [4.78, 5) is 14.6. The lowest BCUT2D eigenvalue weighted by atomic mass is 10.3. The van der Waals surface area contributed by atoms with Crippen LogP contribution in [0, 0.1) is 0 Å². The number of nitrogens with zero attached hydrogens (tertiary/aromatic N) is 8. The first-order valence-electron chi connectivity index (χ1n) is 7.68. The molecular weight excluding hydrogens is 314 g/mol. The summed E-state index contributed by atoms with van der Waals surface area (Å²) in [5, 5.41) is 12.9. The molecule has 2 aromatic heterocycles. The predicted octanol–water partition coefficient (Wildman–Crippen LogP) is 1.47. The van der Waals surface area contributed by atoms with Crippen LogP contribution in [0.3, 0.4) is 0 Å². The molecule has 124 valence electrons. The van der Waals surface area contributed by atoms with Gasteiger partial charge in [-0.1, -0.05) is 24.6 Å². The highest BCUT2D eigenvalue weighted by Crippen LogP contribution is 2.36. The first-order chi connectivity index (χ1) is 11.0. The maximum absolute atomic E-state index is 5.79. The largest absolute Gasteiger partial charge is 0.368 e. The summed E-state index contributed by atoms with van der Waals surface area (Å²) in [5.74, 6) is 1.41. The summed E-state index contributed by atoms with van der Waals surface area (Å²) in [5.41, 5.74) is 5.79. The van der Waals surface area contributed by atoms with E-state index in [9.17, 15) is 0 Å². The molecular formula is C13H21N9S. The van der Waals surface area contributed by atoms with Crippen LogP contribution in [0.4, 0.5) is 11.9 Å². The van der Waals surface area contributed by atoms with Crippen molar-refractivity contribution >= 4 is 23.7 Å². The van der Waals surface area contributed by atoms with E-state index in [-0.39, 0.29) is 11.2 Å². The highest BCUT2D eigenvalue weighted by Gasteiger charge is 2.24. The lowest BCUT2D eigenvalue weighted by Crippen LogP contribution is -2.16. The number of nitrogen functional groups attached to an aromatic ring is 1. The summed E-state index contributed by atoms with van der Waals surface area (Å²) in [6.07, 6.45) is 4.74. The first kappa shape index (κ1) is 15.9. The molecule has 2 heterocycles. The lowest BCUT2D eigenvalue weighted by molar-refractivity contribution is 0.422. The molecule has 0 radical (unpaired) electrons. The van der Waals surface area contributed by atoms with Crippen molar-refractivity contribution in [2.45, 2.75) is 49.1 Å². The number of tetrazole rings is 1. The normalized spacial score (nSPS) is 16.7. The second-order valence-corrected chi connectivity index (χ2v) is 7.16. The van der Waals surface area contributed by atoms with Gasteiger partial charge in [0.05, 0.1) is 11.3 Å². The third-order valence-corrected chi connectivity index (χ3v) is 4.88. The van der Waals surface area contributed by atoms with Gasteiger partial charge in [0.15, 0.2) is 0 Å². The van der Waals surface area contributed by atoms with Crippen LogP contribution in [0.2, 0.25) is 0 Å². The molecule has 0 unspecified atom stereocenters. The Bertz CT molecular complexity index is 665. The Balaban J connectivity index is 1.79. The van der Waals surface area contributed by atoms with Crippen LogP contribution in [-0.2, 0) is 0 Å². The molecule has 1 atom stereocenters. The van der Waals surface area contributed by atoms with Crippen LogP contribution in [0.15, 0.2) is 5.16 Å². The van der Waals surface area contributed by atoms with E-state index in [1.165, 1.54) is 12.8 Å². The lowest BCUT2D eigenvalue weighted by Gasteiger charge is -2.15. The third-order valence-electron chi connectivity index (χ3n) is 3.84. The van der Waals surface area contributed by atoms with E-state index in [1.807, 2.05) is 30.6 Å². The van der Waals surface area contributed by atoms with Crippen molar-refractivity contribution in [3.63, 3.8) is 0 Å². The molecule has 1 fully saturated rings. The Hall–Kier alpha value is -1.97. The molecule has 0 spiro atoms. The van der Waals surface area contributed by atoms with Crippen molar-refractivity contribution in [1.29, 1.82) is 0 Å². The second-order valence-electron chi connectivity index (χ2n) is 5.85. The zero-order valence-electron chi connectivity index (χ0n) is 13.5. The van der Waals surface area contributed by atoms with Crippen LogP contribution in [0.25, 0.3) is 0 Å². The molecule has 1 aliphatic rings. The molecule has 0 saturated heterocycles. The number of thioether (sulfide) groups is 1. The van der Waals surface area contributed by atoms with E-state index >= 15 is 0 Å². The Morgan fingerprint density at radius 3 is 2.65 bits per heavy atom. The molecule has 1 aliphatic carbocycles. The van der Waals surface area contributed by atoms with Crippen LogP contribution in [0.5, 0.6) is 0 Å². The van der Waals surface area contributed by atoms with Crippen molar-refractivity contribution in [2.24, 2.45) is 0 Å². The smallest absolute Gasteiger partial charge is 0.229 e.